The lowest BCUT2D eigenvalue weighted by molar-refractivity contribution is -0.123. The number of nitrogens with one attached hydrogen (secondary N) is 2. The summed E-state index contributed by atoms with van der Waals surface area (Å²) in [7, 11) is 1.51. The number of aryl methyl sites for hydroxylation is 1. The van der Waals surface area contributed by atoms with E-state index in [-0.39, 0.29) is 11.3 Å². The van der Waals surface area contributed by atoms with E-state index in [0.29, 0.717) is 33.8 Å². The van der Waals surface area contributed by atoms with E-state index >= 15 is 0 Å². The number of carbonyl (C=O) groups excluding carboxylic acids is 3. The molecule has 11 heteroatoms. The van der Waals surface area contributed by atoms with Gasteiger partial charge in [0.2, 0.25) is 0 Å². The fourth-order valence-corrected chi connectivity index (χ4v) is 3.23. The van der Waals surface area contributed by atoms with E-state index in [9.17, 15) is 18.8 Å². The van der Waals surface area contributed by atoms with Crippen molar-refractivity contribution >= 4 is 34.7 Å². The Kier molecular flexibility index (Phi) is 6.67. The summed E-state index contributed by atoms with van der Waals surface area (Å²) in [5.41, 5.74) is 1.83. The highest BCUT2D eigenvalue weighted by Crippen LogP contribution is 2.27. The van der Waals surface area contributed by atoms with Gasteiger partial charge in [-0.05, 0) is 61.5 Å². The van der Waals surface area contributed by atoms with Gasteiger partial charge in [-0.15, -0.1) is 0 Å². The fraction of sp³-hybridized carbons (Fsp3) is 0.125. The van der Waals surface area contributed by atoms with Crippen LogP contribution in [-0.4, -0.2) is 41.8 Å². The third-order valence-electron chi connectivity index (χ3n) is 4.91. The van der Waals surface area contributed by atoms with Crippen molar-refractivity contribution in [2.45, 2.75) is 6.92 Å². The number of imide groups is 1. The smallest absolute Gasteiger partial charge is 0.339 e. The first-order chi connectivity index (χ1) is 16.8. The number of ether oxygens (including phenoxy) is 2. The van der Waals surface area contributed by atoms with E-state index < -0.39 is 30.3 Å². The number of benzene rings is 2. The molecule has 2 heterocycles. The number of carbonyl (C=O) groups is 3. The van der Waals surface area contributed by atoms with Crippen LogP contribution in [0.1, 0.15) is 16.1 Å². The van der Waals surface area contributed by atoms with Crippen molar-refractivity contribution in [2.24, 2.45) is 0 Å². The number of pyridine rings is 1. The Morgan fingerprint density at radius 1 is 1.06 bits per heavy atom. The second kappa shape index (κ2) is 10.00. The van der Waals surface area contributed by atoms with Gasteiger partial charge >= 0.3 is 12.0 Å². The fourth-order valence-electron chi connectivity index (χ4n) is 3.23. The summed E-state index contributed by atoms with van der Waals surface area (Å²) in [6, 6.07) is 12.6. The molecular weight excluding hydrogens is 459 g/mol. The highest BCUT2D eigenvalue weighted by Gasteiger charge is 2.21. The highest BCUT2D eigenvalue weighted by molar-refractivity contribution is 6.06. The summed E-state index contributed by atoms with van der Waals surface area (Å²) < 4.78 is 28.6. The average Bonchev–Trinajstić information content (AvgIpc) is 3.23. The summed E-state index contributed by atoms with van der Waals surface area (Å²) in [6.07, 6.45) is 0. The van der Waals surface area contributed by atoms with E-state index in [2.05, 4.69) is 20.8 Å². The van der Waals surface area contributed by atoms with Crippen LogP contribution in [0.2, 0.25) is 0 Å². The maximum Gasteiger partial charge on any atom is 0.339 e. The molecule has 0 bridgehead atoms. The van der Waals surface area contributed by atoms with Crippen LogP contribution in [-0.2, 0) is 9.53 Å². The molecule has 178 valence electrons. The van der Waals surface area contributed by atoms with E-state index in [0.717, 1.165) is 0 Å². The summed E-state index contributed by atoms with van der Waals surface area (Å²) in [5, 5.41) is 8.70. The lowest BCUT2D eigenvalue weighted by atomic mass is 10.1. The van der Waals surface area contributed by atoms with Crippen LogP contribution in [0.15, 0.2) is 59.1 Å². The number of esters is 1. The number of aromatic nitrogens is 2. The SMILES string of the molecule is COc1ccc(NC(=O)NC(=O)COC(=O)c2cc(-c3ccc(F)cc3)nc3onc(C)c23)cc1. The second-order valence-electron chi connectivity index (χ2n) is 7.32. The summed E-state index contributed by atoms with van der Waals surface area (Å²) in [5.74, 6) is -1.50. The lowest BCUT2D eigenvalue weighted by Crippen LogP contribution is -2.37. The van der Waals surface area contributed by atoms with E-state index in [1.165, 1.54) is 37.4 Å². The Morgan fingerprint density at radius 3 is 2.46 bits per heavy atom. The molecule has 2 N–H and O–H groups in total. The van der Waals surface area contributed by atoms with Crippen molar-refractivity contribution in [2.75, 3.05) is 19.0 Å². The monoisotopic (exact) mass is 478 g/mol. The van der Waals surface area contributed by atoms with Gasteiger partial charge in [-0.1, -0.05) is 5.16 Å². The van der Waals surface area contributed by atoms with Crippen molar-refractivity contribution in [3.8, 4) is 17.0 Å². The first-order valence-corrected chi connectivity index (χ1v) is 10.3. The minimum Gasteiger partial charge on any atom is -0.497 e. The number of methoxy groups -OCH3 is 1. The number of amides is 3. The Labute approximate surface area is 198 Å². The molecule has 2 aromatic heterocycles. The van der Waals surface area contributed by atoms with Crippen molar-refractivity contribution in [1.82, 2.24) is 15.5 Å². The van der Waals surface area contributed by atoms with Crippen LogP contribution in [0, 0.1) is 12.7 Å². The predicted molar refractivity (Wildman–Crippen MR) is 122 cm³/mol. The van der Waals surface area contributed by atoms with Crippen LogP contribution in [0.5, 0.6) is 5.75 Å². The zero-order valence-corrected chi connectivity index (χ0v) is 18.6. The first-order valence-electron chi connectivity index (χ1n) is 10.3. The second-order valence-corrected chi connectivity index (χ2v) is 7.32. The number of rotatable bonds is 6. The van der Waals surface area contributed by atoms with Gasteiger partial charge in [-0.25, -0.2) is 19.0 Å². The highest BCUT2D eigenvalue weighted by atomic mass is 19.1. The summed E-state index contributed by atoms with van der Waals surface area (Å²) in [6.45, 7) is 0.910. The predicted octanol–water partition coefficient (Wildman–Crippen LogP) is 3.85. The third-order valence-corrected chi connectivity index (χ3v) is 4.91. The van der Waals surface area contributed by atoms with Crippen LogP contribution >= 0.6 is 0 Å². The number of hydrogen-bond acceptors (Lipinski definition) is 8. The maximum atomic E-state index is 13.3. The zero-order chi connectivity index (χ0) is 24.9. The minimum atomic E-state index is -0.849. The molecule has 3 amide bonds. The molecule has 0 aliphatic heterocycles. The standard InChI is InChI=1S/C24H19FN4O6/c1-13-21-18(11-19(27-22(21)35-29-13)14-3-5-15(25)6-4-14)23(31)34-12-20(30)28-24(32)26-16-7-9-17(33-2)10-8-16/h3-11H,12H2,1-2H3,(H2,26,28,30,32). The molecule has 4 aromatic rings. The summed E-state index contributed by atoms with van der Waals surface area (Å²) in [4.78, 5) is 41.3. The number of nitrogens with zero attached hydrogens (tertiary/aromatic N) is 2. The topological polar surface area (TPSA) is 133 Å². The molecule has 0 atom stereocenters. The minimum absolute atomic E-state index is 0.0589. The number of halogens is 1. The number of fused-ring (bicyclic) bond motifs is 1. The van der Waals surface area contributed by atoms with Gasteiger partial charge in [-0.2, -0.15) is 0 Å². The average molecular weight is 478 g/mol. The molecule has 0 saturated heterocycles. The third kappa shape index (κ3) is 5.41. The molecule has 0 aliphatic carbocycles. The normalized spacial score (nSPS) is 10.6. The molecule has 0 radical (unpaired) electrons. The van der Waals surface area contributed by atoms with Gasteiger partial charge in [0.15, 0.2) is 6.61 Å². The Morgan fingerprint density at radius 2 is 1.77 bits per heavy atom. The molecule has 35 heavy (non-hydrogen) atoms. The lowest BCUT2D eigenvalue weighted by Gasteiger charge is -2.09. The van der Waals surface area contributed by atoms with Crippen molar-refractivity contribution in [3.05, 3.63) is 71.7 Å². The van der Waals surface area contributed by atoms with E-state index in [4.69, 9.17) is 14.0 Å². The van der Waals surface area contributed by atoms with Gasteiger partial charge in [-0.3, -0.25) is 10.1 Å². The number of anilines is 1. The number of hydrogen-bond donors (Lipinski definition) is 2. The molecular formula is C24H19FN4O6. The van der Waals surface area contributed by atoms with E-state index in [1.54, 1.807) is 31.2 Å². The van der Waals surface area contributed by atoms with Gasteiger partial charge in [0.25, 0.3) is 11.6 Å². The van der Waals surface area contributed by atoms with E-state index in [1.807, 2.05) is 0 Å². The van der Waals surface area contributed by atoms with Crippen molar-refractivity contribution in [3.63, 3.8) is 0 Å². The molecule has 0 saturated carbocycles. The van der Waals surface area contributed by atoms with Crippen LogP contribution < -0.4 is 15.4 Å². The molecule has 0 aliphatic rings. The number of urea groups is 1. The van der Waals surface area contributed by atoms with Gasteiger partial charge in [0.05, 0.1) is 29.4 Å². The Bertz CT molecular complexity index is 1400. The van der Waals surface area contributed by atoms with Gasteiger partial charge in [0, 0.05) is 11.3 Å². The first kappa shape index (κ1) is 23.4. The summed E-state index contributed by atoms with van der Waals surface area (Å²) >= 11 is 0. The molecule has 2 aromatic carbocycles. The van der Waals surface area contributed by atoms with Crippen molar-refractivity contribution < 1.29 is 32.8 Å². The quantitative estimate of drug-likeness (QED) is 0.399. The molecule has 10 nitrogen and oxygen atoms in total. The molecule has 0 unspecified atom stereocenters. The maximum absolute atomic E-state index is 13.3. The van der Waals surface area contributed by atoms with Gasteiger partial charge in [0.1, 0.15) is 11.6 Å². The van der Waals surface area contributed by atoms with Gasteiger partial charge < -0.3 is 19.3 Å². The van der Waals surface area contributed by atoms with Crippen LogP contribution in [0.4, 0.5) is 14.9 Å². The zero-order valence-electron chi connectivity index (χ0n) is 18.6. The molecule has 0 fully saturated rings. The van der Waals surface area contributed by atoms with Crippen LogP contribution in [0.3, 0.4) is 0 Å². The molecule has 4 rings (SSSR count). The Balaban J connectivity index is 1.44. The van der Waals surface area contributed by atoms with Crippen molar-refractivity contribution in [1.29, 1.82) is 0 Å². The largest absolute Gasteiger partial charge is 0.497 e. The molecule has 0 spiro atoms. The Hall–Kier alpha value is -4.80. The van der Waals surface area contributed by atoms with Crippen LogP contribution in [0.25, 0.3) is 22.4 Å².